The zero-order valence-corrected chi connectivity index (χ0v) is 14.6. The van der Waals surface area contributed by atoms with E-state index in [0.717, 1.165) is 16.9 Å². The Morgan fingerprint density at radius 1 is 1.25 bits per heavy atom. The minimum atomic E-state index is -0.100. The predicted molar refractivity (Wildman–Crippen MR) is 94.1 cm³/mol. The third-order valence-corrected chi connectivity index (χ3v) is 5.23. The molecule has 126 valence electrons. The van der Waals surface area contributed by atoms with E-state index in [1.165, 1.54) is 0 Å². The Bertz CT molecular complexity index is 709. The number of methoxy groups -OCH3 is 2. The number of carbonyl (C=O) groups excluding carboxylic acids is 1. The molecule has 0 aliphatic carbocycles. The second-order valence-corrected chi connectivity index (χ2v) is 6.63. The van der Waals surface area contributed by atoms with Crippen LogP contribution in [0.3, 0.4) is 0 Å². The van der Waals surface area contributed by atoms with Gasteiger partial charge in [0.1, 0.15) is 5.37 Å². The van der Waals surface area contributed by atoms with Gasteiger partial charge in [0.05, 0.1) is 14.2 Å². The van der Waals surface area contributed by atoms with Crippen LogP contribution >= 0.6 is 11.8 Å². The van der Waals surface area contributed by atoms with E-state index >= 15 is 0 Å². The minimum Gasteiger partial charge on any atom is -0.493 e. The Hall–Kier alpha value is -2.21. The number of benzene rings is 1. The van der Waals surface area contributed by atoms with Crippen molar-refractivity contribution < 1.29 is 14.3 Å². The smallest absolute Gasteiger partial charge is 0.224 e. The van der Waals surface area contributed by atoms with E-state index < -0.39 is 0 Å². The number of amides is 1. The van der Waals surface area contributed by atoms with E-state index in [1.54, 1.807) is 38.4 Å². The number of hydrogen-bond donors (Lipinski definition) is 0. The van der Waals surface area contributed by atoms with Gasteiger partial charge < -0.3 is 14.4 Å². The predicted octanol–water partition coefficient (Wildman–Crippen LogP) is 3.26. The van der Waals surface area contributed by atoms with Gasteiger partial charge in [-0.25, -0.2) is 0 Å². The average Bonchev–Trinajstić information content (AvgIpc) is 2.63. The first-order chi connectivity index (χ1) is 11.7. The summed E-state index contributed by atoms with van der Waals surface area (Å²) in [5.74, 6) is 2.30. The van der Waals surface area contributed by atoms with Crippen LogP contribution in [0.1, 0.15) is 22.9 Å². The lowest BCUT2D eigenvalue weighted by atomic mass is 10.1. The van der Waals surface area contributed by atoms with Crippen molar-refractivity contribution in [3.8, 4) is 11.5 Å². The van der Waals surface area contributed by atoms with Gasteiger partial charge in [0.2, 0.25) is 5.91 Å². The normalized spacial score (nSPS) is 17.7. The second-order valence-electron chi connectivity index (χ2n) is 5.44. The van der Waals surface area contributed by atoms with Crippen LogP contribution in [0, 0.1) is 0 Å². The van der Waals surface area contributed by atoms with Gasteiger partial charge in [0, 0.05) is 36.7 Å². The highest BCUT2D eigenvalue weighted by atomic mass is 32.2. The maximum absolute atomic E-state index is 12.6. The van der Waals surface area contributed by atoms with Crippen molar-refractivity contribution in [3.05, 3.63) is 53.9 Å². The number of thioether (sulfide) groups is 1. The van der Waals surface area contributed by atoms with E-state index in [2.05, 4.69) is 4.98 Å². The van der Waals surface area contributed by atoms with Crippen molar-refractivity contribution in [1.29, 1.82) is 0 Å². The van der Waals surface area contributed by atoms with Gasteiger partial charge in [-0.1, -0.05) is 18.2 Å². The van der Waals surface area contributed by atoms with E-state index in [0.29, 0.717) is 24.5 Å². The number of para-hydroxylation sites is 1. The molecule has 1 atom stereocenters. The maximum atomic E-state index is 12.6. The lowest BCUT2D eigenvalue weighted by Gasteiger charge is -2.36. The maximum Gasteiger partial charge on any atom is 0.224 e. The molecule has 0 bridgehead atoms. The zero-order valence-electron chi connectivity index (χ0n) is 13.8. The molecule has 1 aliphatic heterocycles. The molecular formula is C18H20N2O3S. The lowest BCUT2D eigenvalue weighted by Crippen LogP contribution is -2.36. The van der Waals surface area contributed by atoms with E-state index in [9.17, 15) is 4.79 Å². The highest BCUT2D eigenvalue weighted by molar-refractivity contribution is 7.99. The molecule has 0 spiro atoms. The molecule has 1 saturated heterocycles. The van der Waals surface area contributed by atoms with Crippen molar-refractivity contribution in [3.63, 3.8) is 0 Å². The van der Waals surface area contributed by atoms with E-state index in [1.807, 2.05) is 35.2 Å². The van der Waals surface area contributed by atoms with Crippen LogP contribution in [0.5, 0.6) is 11.5 Å². The van der Waals surface area contributed by atoms with Gasteiger partial charge in [0.15, 0.2) is 11.5 Å². The van der Waals surface area contributed by atoms with Gasteiger partial charge in [-0.15, -0.1) is 11.8 Å². The molecule has 0 radical (unpaired) electrons. The molecule has 2 heterocycles. The monoisotopic (exact) mass is 344 g/mol. The van der Waals surface area contributed by atoms with Crippen LogP contribution < -0.4 is 9.47 Å². The molecule has 24 heavy (non-hydrogen) atoms. The number of pyridine rings is 1. The van der Waals surface area contributed by atoms with Gasteiger partial charge in [-0.05, 0) is 17.7 Å². The van der Waals surface area contributed by atoms with Crippen LogP contribution in [0.25, 0.3) is 0 Å². The molecule has 1 aliphatic rings. The van der Waals surface area contributed by atoms with Crippen LogP contribution in [-0.4, -0.2) is 35.8 Å². The van der Waals surface area contributed by atoms with Gasteiger partial charge in [0.25, 0.3) is 0 Å². The van der Waals surface area contributed by atoms with Crippen molar-refractivity contribution in [2.24, 2.45) is 0 Å². The fourth-order valence-corrected chi connectivity index (χ4v) is 4.10. The van der Waals surface area contributed by atoms with E-state index in [-0.39, 0.29) is 11.3 Å². The van der Waals surface area contributed by atoms with Crippen LogP contribution in [0.2, 0.25) is 0 Å². The number of aromatic nitrogens is 1. The number of ether oxygens (including phenoxy) is 2. The minimum absolute atomic E-state index is 0.100. The molecule has 2 aromatic rings. The van der Waals surface area contributed by atoms with Crippen molar-refractivity contribution in [1.82, 2.24) is 9.88 Å². The Morgan fingerprint density at radius 3 is 2.83 bits per heavy atom. The summed E-state index contributed by atoms with van der Waals surface area (Å²) in [6.07, 6.45) is 4.08. The highest BCUT2D eigenvalue weighted by Gasteiger charge is 2.32. The zero-order chi connectivity index (χ0) is 16.9. The molecule has 0 saturated carbocycles. The van der Waals surface area contributed by atoms with Crippen molar-refractivity contribution >= 4 is 17.7 Å². The molecule has 1 fully saturated rings. The van der Waals surface area contributed by atoms with Crippen molar-refractivity contribution in [2.75, 3.05) is 20.0 Å². The molecule has 5 nitrogen and oxygen atoms in total. The van der Waals surface area contributed by atoms with Crippen LogP contribution in [0.4, 0.5) is 0 Å². The average molecular weight is 344 g/mol. The quantitative estimate of drug-likeness (QED) is 0.833. The third kappa shape index (κ3) is 3.33. The fourth-order valence-electron chi connectivity index (χ4n) is 2.85. The Kier molecular flexibility index (Phi) is 5.25. The summed E-state index contributed by atoms with van der Waals surface area (Å²) in [5, 5.41) is -0.100. The van der Waals surface area contributed by atoms with Crippen molar-refractivity contribution in [2.45, 2.75) is 18.3 Å². The number of carbonyl (C=O) groups is 1. The van der Waals surface area contributed by atoms with Crippen LogP contribution in [-0.2, 0) is 11.3 Å². The fraction of sp³-hybridized carbons (Fsp3) is 0.333. The standard InChI is InChI=1S/C18H20N2O3S/c1-22-15-7-3-6-14(17(15)23-2)18-20(16(21)8-10-24-18)12-13-5-4-9-19-11-13/h3-7,9,11,18H,8,10,12H2,1-2H3. The van der Waals surface area contributed by atoms with Gasteiger partial charge in [-0.3, -0.25) is 9.78 Å². The summed E-state index contributed by atoms with van der Waals surface area (Å²) in [6, 6.07) is 9.66. The first-order valence-corrected chi connectivity index (χ1v) is 8.80. The molecular weight excluding hydrogens is 324 g/mol. The summed E-state index contributed by atoms with van der Waals surface area (Å²) in [5.41, 5.74) is 1.97. The van der Waals surface area contributed by atoms with E-state index in [4.69, 9.17) is 9.47 Å². The molecule has 1 unspecified atom stereocenters. The molecule has 6 heteroatoms. The molecule has 3 rings (SSSR count). The summed E-state index contributed by atoms with van der Waals surface area (Å²) >= 11 is 1.75. The van der Waals surface area contributed by atoms with Crippen LogP contribution in [0.15, 0.2) is 42.7 Å². The summed E-state index contributed by atoms with van der Waals surface area (Å²) < 4.78 is 11.0. The molecule has 1 aromatic carbocycles. The SMILES string of the molecule is COc1cccc(C2SCCC(=O)N2Cc2cccnc2)c1OC. The third-order valence-electron chi connectivity index (χ3n) is 3.97. The number of nitrogens with zero attached hydrogens (tertiary/aromatic N) is 2. The first-order valence-electron chi connectivity index (χ1n) is 7.75. The topological polar surface area (TPSA) is 51.7 Å². The van der Waals surface area contributed by atoms with Gasteiger partial charge in [-0.2, -0.15) is 0 Å². The molecule has 1 aromatic heterocycles. The van der Waals surface area contributed by atoms with Gasteiger partial charge >= 0.3 is 0 Å². The summed E-state index contributed by atoms with van der Waals surface area (Å²) in [6.45, 7) is 0.532. The summed E-state index contributed by atoms with van der Waals surface area (Å²) in [7, 11) is 3.25. The largest absolute Gasteiger partial charge is 0.493 e. The summed E-state index contributed by atoms with van der Waals surface area (Å²) in [4.78, 5) is 18.6. The second kappa shape index (κ2) is 7.57. The first kappa shape index (κ1) is 16.6. The number of rotatable bonds is 5. The molecule has 1 amide bonds. The number of hydrogen-bond acceptors (Lipinski definition) is 5. The Balaban J connectivity index is 1.96. The Labute approximate surface area is 146 Å². The lowest BCUT2D eigenvalue weighted by molar-refractivity contribution is -0.132. The Morgan fingerprint density at radius 2 is 2.12 bits per heavy atom. The molecule has 0 N–H and O–H groups in total. The highest BCUT2D eigenvalue weighted by Crippen LogP contribution is 2.45.